The van der Waals surface area contributed by atoms with E-state index in [4.69, 9.17) is 9.15 Å². The molecule has 0 fully saturated rings. The first-order valence-electron chi connectivity index (χ1n) is 8.29. The summed E-state index contributed by atoms with van der Waals surface area (Å²) in [6.45, 7) is 1.82. The Hall–Kier alpha value is -3.21. The number of ether oxygens (including phenoxy) is 1. The van der Waals surface area contributed by atoms with E-state index in [1.54, 1.807) is 42.5 Å². The fourth-order valence-electron chi connectivity index (χ4n) is 3.02. The molecule has 5 nitrogen and oxygen atoms in total. The molecule has 0 saturated carbocycles. The van der Waals surface area contributed by atoms with Crippen LogP contribution in [0.1, 0.15) is 51.3 Å². The molecule has 0 aliphatic carbocycles. The average Bonchev–Trinajstić information content (AvgIpc) is 3.06. The van der Waals surface area contributed by atoms with E-state index in [0.717, 1.165) is 0 Å². The van der Waals surface area contributed by atoms with Gasteiger partial charge < -0.3 is 9.15 Å². The van der Waals surface area contributed by atoms with Gasteiger partial charge in [-0.1, -0.05) is 37.3 Å². The second kappa shape index (κ2) is 7.35. The van der Waals surface area contributed by atoms with Gasteiger partial charge in [0, 0.05) is 16.5 Å². The normalized spacial score (nSPS) is 11.9. The molecule has 0 N–H and O–H groups in total. The number of aldehydes is 1. The Balaban J connectivity index is 2.28. The predicted octanol–water partition coefficient (Wildman–Crippen LogP) is 4.14. The lowest BCUT2D eigenvalue weighted by Crippen LogP contribution is -2.16. The number of ketones is 1. The highest BCUT2D eigenvalue weighted by atomic mass is 16.5. The van der Waals surface area contributed by atoms with Crippen LogP contribution in [0.15, 0.2) is 52.9 Å². The van der Waals surface area contributed by atoms with Crippen LogP contribution in [-0.2, 0) is 9.53 Å². The van der Waals surface area contributed by atoms with Crippen molar-refractivity contribution in [1.82, 2.24) is 0 Å². The van der Waals surface area contributed by atoms with Crippen LogP contribution in [0, 0.1) is 0 Å². The number of carbonyl (C=O) groups is 3. The third-order valence-electron chi connectivity index (χ3n) is 4.35. The Bertz CT molecular complexity index is 969. The number of rotatable bonds is 6. The minimum Gasteiger partial charge on any atom is -0.468 e. The number of furan rings is 1. The summed E-state index contributed by atoms with van der Waals surface area (Å²) in [6, 6.07) is 13.6. The zero-order valence-electron chi connectivity index (χ0n) is 14.5. The van der Waals surface area contributed by atoms with E-state index in [9.17, 15) is 14.4 Å². The number of fused-ring (bicyclic) bond motifs is 1. The molecule has 0 radical (unpaired) electrons. The number of esters is 1. The second-order valence-corrected chi connectivity index (χ2v) is 5.89. The lowest BCUT2D eigenvalue weighted by atomic mass is 9.93. The van der Waals surface area contributed by atoms with Gasteiger partial charge in [0.05, 0.1) is 12.7 Å². The summed E-state index contributed by atoms with van der Waals surface area (Å²) in [4.78, 5) is 36.5. The van der Waals surface area contributed by atoms with E-state index in [0.29, 0.717) is 40.4 Å². The minimum absolute atomic E-state index is 0.259. The molecule has 5 heteroatoms. The summed E-state index contributed by atoms with van der Waals surface area (Å²) in [5.74, 6) is -1.16. The lowest BCUT2D eigenvalue weighted by molar-refractivity contribution is -0.142. The molecule has 26 heavy (non-hydrogen) atoms. The predicted molar refractivity (Wildman–Crippen MR) is 96.5 cm³/mol. The molecule has 1 atom stereocenters. The van der Waals surface area contributed by atoms with Gasteiger partial charge in [-0.15, -0.1) is 0 Å². The molecular formula is C21H18O5. The maximum Gasteiger partial charge on any atom is 0.316 e. The van der Waals surface area contributed by atoms with Crippen LogP contribution in [0.3, 0.4) is 0 Å². The number of carbonyl (C=O) groups excluding carboxylic acids is 3. The van der Waals surface area contributed by atoms with Crippen LogP contribution in [0.5, 0.6) is 0 Å². The van der Waals surface area contributed by atoms with Crippen LogP contribution in [0.25, 0.3) is 11.0 Å². The summed E-state index contributed by atoms with van der Waals surface area (Å²) in [6.07, 6.45) is 1.13. The van der Waals surface area contributed by atoms with E-state index in [2.05, 4.69) is 0 Å². The fraction of sp³-hybridized carbons (Fsp3) is 0.190. The SMILES string of the molecule is CCC(C(=O)OC)c1oc2ccc(C=O)cc2c1C(=O)c1ccccc1. The van der Waals surface area contributed by atoms with Crippen molar-refractivity contribution in [3.63, 3.8) is 0 Å². The van der Waals surface area contributed by atoms with E-state index in [1.807, 2.05) is 13.0 Å². The Morgan fingerprint density at radius 2 is 1.88 bits per heavy atom. The summed E-state index contributed by atoms with van der Waals surface area (Å²) in [5.41, 5.74) is 1.66. The minimum atomic E-state index is -0.699. The molecular weight excluding hydrogens is 332 g/mol. The van der Waals surface area contributed by atoms with Crippen molar-refractivity contribution < 1.29 is 23.5 Å². The lowest BCUT2D eigenvalue weighted by Gasteiger charge is -2.11. The maximum absolute atomic E-state index is 13.2. The maximum atomic E-state index is 13.2. The van der Waals surface area contributed by atoms with Crippen molar-refractivity contribution in [2.45, 2.75) is 19.3 Å². The van der Waals surface area contributed by atoms with Gasteiger partial charge in [-0.25, -0.2) is 0 Å². The topological polar surface area (TPSA) is 73.6 Å². The molecule has 0 saturated heterocycles. The number of hydrogen-bond donors (Lipinski definition) is 0. The Labute approximate surface area is 150 Å². The second-order valence-electron chi connectivity index (χ2n) is 5.89. The molecule has 0 aliphatic rings. The molecule has 3 aromatic rings. The van der Waals surface area contributed by atoms with Gasteiger partial charge in [0.15, 0.2) is 5.78 Å². The molecule has 2 aromatic carbocycles. The number of methoxy groups -OCH3 is 1. The average molecular weight is 350 g/mol. The van der Waals surface area contributed by atoms with Gasteiger partial charge in [-0.05, 0) is 24.6 Å². The van der Waals surface area contributed by atoms with Crippen LogP contribution in [-0.4, -0.2) is 25.1 Å². The third-order valence-corrected chi connectivity index (χ3v) is 4.35. The molecule has 0 spiro atoms. The third kappa shape index (κ3) is 3.04. The van der Waals surface area contributed by atoms with Gasteiger partial charge in [-0.3, -0.25) is 14.4 Å². The molecule has 132 valence electrons. The highest BCUT2D eigenvalue weighted by molar-refractivity contribution is 6.17. The van der Waals surface area contributed by atoms with Gasteiger partial charge in [0.1, 0.15) is 23.5 Å². The smallest absolute Gasteiger partial charge is 0.316 e. The monoisotopic (exact) mass is 350 g/mol. The van der Waals surface area contributed by atoms with Crippen molar-refractivity contribution in [1.29, 1.82) is 0 Å². The van der Waals surface area contributed by atoms with Gasteiger partial charge in [0.2, 0.25) is 0 Å². The zero-order valence-corrected chi connectivity index (χ0v) is 14.5. The summed E-state index contributed by atoms with van der Waals surface area (Å²) in [7, 11) is 1.30. The van der Waals surface area contributed by atoms with Crippen molar-refractivity contribution in [2.24, 2.45) is 0 Å². The molecule has 0 aliphatic heterocycles. The first-order chi connectivity index (χ1) is 12.6. The van der Waals surface area contributed by atoms with Gasteiger partial charge in [-0.2, -0.15) is 0 Å². The van der Waals surface area contributed by atoms with Crippen LogP contribution in [0.4, 0.5) is 0 Å². The number of benzene rings is 2. The van der Waals surface area contributed by atoms with E-state index >= 15 is 0 Å². The van der Waals surface area contributed by atoms with Crippen molar-refractivity contribution in [3.05, 3.63) is 71.0 Å². The Morgan fingerprint density at radius 3 is 2.50 bits per heavy atom. The van der Waals surface area contributed by atoms with Crippen molar-refractivity contribution in [2.75, 3.05) is 7.11 Å². The van der Waals surface area contributed by atoms with Gasteiger partial charge in [0.25, 0.3) is 0 Å². The quantitative estimate of drug-likeness (QED) is 0.379. The highest BCUT2D eigenvalue weighted by Crippen LogP contribution is 2.35. The highest BCUT2D eigenvalue weighted by Gasteiger charge is 2.31. The molecule has 1 aromatic heterocycles. The standard InChI is InChI=1S/C21H18O5/c1-3-15(21(24)25-2)20-18(19(23)14-7-5-4-6-8-14)16-11-13(12-22)9-10-17(16)26-20/h4-12,15H,3H2,1-2H3. The molecule has 0 amide bonds. The van der Waals surface area contributed by atoms with Crippen molar-refractivity contribution in [3.8, 4) is 0 Å². The van der Waals surface area contributed by atoms with Crippen molar-refractivity contribution >= 4 is 29.0 Å². The molecule has 0 bridgehead atoms. The fourth-order valence-corrected chi connectivity index (χ4v) is 3.02. The summed E-state index contributed by atoms with van der Waals surface area (Å²) < 4.78 is 10.8. The van der Waals surface area contributed by atoms with Gasteiger partial charge >= 0.3 is 5.97 Å². The molecule has 1 heterocycles. The summed E-state index contributed by atoms with van der Waals surface area (Å²) in [5, 5.41) is 0.515. The van der Waals surface area contributed by atoms with Crippen LogP contribution in [0.2, 0.25) is 0 Å². The summed E-state index contributed by atoms with van der Waals surface area (Å²) >= 11 is 0. The largest absolute Gasteiger partial charge is 0.468 e. The molecule has 3 rings (SSSR count). The molecule has 1 unspecified atom stereocenters. The van der Waals surface area contributed by atoms with E-state index in [-0.39, 0.29) is 11.5 Å². The first-order valence-corrected chi connectivity index (χ1v) is 8.29. The van der Waals surface area contributed by atoms with Crippen LogP contribution < -0.4 is 0 Å². The first kappa shape index (κ1) is 17.6. The Morgan fingerprint density at radius 1 is 1.15 bits per heavy atom. The number of hydrogen-bond acceptors (Lipinski definition) is 5. The van der Waals surface area contributed by atoms with E-state index < -0.39 is 11.9 Å². The zero-order chi connectivity index (χ0) is 18.7. The Kier molecular flexibility index (Phi) is 4.98. The van der Waals surface area contributed by atoms with E-state index in [1.165, 1.54) is 7.11 Å². The van der Waals surface area contributed by atoms with Crippen LogP contribution >= 0.6 is 0 Å².